The van der Waals surface area contributed by atoms with E-state index in [0.717, 1.165) is 61.3 Å². The second-order valence-corrected chi connectivity index (χ2v) is 8.93. The third-order valence-corrected chi connectivity index (χ3v) is 6.65. The number of likely N-dealkylation sites (tertiary alicyclic amines) is 1. The van der Waals surface area contributed by atoms with Gasteiger partial charge in [0.1, 0.15) is 0 Å². The van der Waals surface area contributed by atoms with Gasteiger partial charge in [-0.3, -0.25) is 4.98 Å². The Balaban J connectivity index is 1.20. The molecule has 29 heavy (non-hydrogen) atoms. The number of rotatable bonds is 6. The molecule has 1 fully saturated rings. The van der Waals surface area contributed by atoms with E-state index < -0.39 is 5.60 Å². The molecule has 1 aliphatic rings. The third-order valence-electron chi connectivity index (χ3n) is 5.47. The van der Waals surface area contributed by atoms with Crippen LogP contribution < -0.4 is 10.6 Å². The first-order valence-corrected chi connectivity index (χ1v) is 11.3. The van der Waals surface area contributed by atoms with Gasteiger partial charge in [-0.2, -0.15) is 0 Å². The van der Waals surface area contributed by atoms with E-state index in [-0.39, 0.29) is 0 Å². The number of thiophene rings is 1. The quantitative estimate of drug-likeness (QED) is 0.523. The monoisotopic (exact) mass is 426 g/mol. The SMILES string of the molecule is OC1(Cc2ccccc2)CCN(CCNC(=S)Nc2ccnc3ccsc23)CC1. The largest absolute Gasteiger partial charge is 0.389 e. The Bertz CT molecular complexity index is 952. The van der Waals surface area contributed by atoms with Gasteiger partial charge in [0.15, 0.2) is 5.11 Å². The van der Waals surface area contributed by atoms with Crippen LogP contribution in [0.5, 0.6) is 0 Å². The van der Waals surface area contributed by atoms with Crippen molar-refractivity contribution in [2.45, 2.75) is 24.9 Å². The summed E-state index contributed by atoms with van der Waals surface area (Å²) in [5.41, 5.74) is 2.60. The highest BCUT2D eigenvalue weighted by atomic mass is 32.1. The van der Waals surface area contributed by atoms with Crippen molar-refractivity contribution in [3.8, 4) is 0 Å². The smallest absolute Gasteiger partial charge is 0.170 e. The highest BCUT2D eigenvalue weighted by Gasteiger charge is 2.32. The Hall–Kier alpha value is -2.06. The predicted molar refractivity (Wildman–Crippen MR) is 125 cm³/mol. The minimum atomic E-state index is -0.588. The highest BCUT2D eigenvalue weighted by molar-refractivity contribution is 7.80. The van der Waals surface area contributed by atoms with Crippen LogP contribution in [-0.2, 0) is 6.42 Å². The van der Waals surface area contributed by atoms with Crippen molar-refractivity contribution in [2.24, 2.45) is 0 Å². The van der Waals surface area contributed by atoms with Gasteiger partial charge in [0, 0.05) is 38.8 Å². The normalized spacial score (nSPS) is 16.6. The van der Waals surface area contributed by atoms with Crippen molar-refractivity contribution in [1.29, 1.82) is 0 Å². The van der Waals surface area contributed by atoms with E-state index in [1.807, 2.05) is 35.7 Å². The van der Waals surface area contributed by atoms with Crippen LogP contribution >= 0.6 is 23.6 Å². The first kappa shape index (κ1) is 20.2. The molecule has 0 saturated carbocycles. The predicted octanol–water partition coefficient (Wildman–Crippen LogP) is 3.65. The summed E-state index contributed by atoms with van der Waals surface area (Å²) in [6.45, 7) is 3.51. The number of fused-ring (bicyclic) bond motifs is 1. The summed E-state index contributed by atoms with van der Waals surface area (Å²) in [5.74, 6) is 0. The van der Waals surface area contributed by atoms with Gasteiger partial charge in [0.25, 0.3) is 0 Å². The number of hydrogen-bond donors (Lipinski definition) is 3. The summed E-state index contributed by atoms with van der Waals surface area (Å²) in [4.78, 5) is 6.74. The second-order valence-electron chi connectivity index (χ2n) is 7.60. The number of anilines is 1. The first-order valence-electron chi connectivity index (χ1n) is 9.97. The Kier molecular flexibility index (Phi) is 6.40. The Labute approximate surface area is 180 Å². The molecular weight excluding hydrogens is 400 g/mol. The molecule has 0 aliphatic carbocycles. The maximum atomic E-state index is 10.9. The Morgan fingerprint density at radius 1 is 1.17 bits per heavy atom. The number of thiocarbonyl (C=S) groups is 1. The average Bonchev–Trinajstić information content (AvgIpc) is 3.20. The molecule has 0 amide bonds. The lowest BCUT2D eigenvalue weighted by Gasteiger charge is -2.38. The molecular formula is C22H26N4OS2. The fourth-order valence-corrected chi connectivity index (χ4v) is 4.84. The van der Waals surface area contributed by atoms with Crippen LogP contribution in [0.15, 0.2) is 54.0 Å². The van der Waals surface area contributed by atoms with Gasteiger partial charge < -0.3 is 20.6 Å². The molecule has 3 heterocycles. The molecule has 1 aromatic carbocycles. The lowest BCUT2D eigenvalue weighted by atomic mass is 9.85. The zero-order valence-corrected chi connectivity index (χ0v) is 17.9. The van der Waals surface area contributed by atoms with Crippen molar-refractivity contribution >= 4 is 44.6 Å². The van der Waals surface area contributed by atoms with Crippen molar-refractivity contribution in [3.05, 3.63) is 59.6 Å². The van der Waals surface area contributed by atoms with Crippen molar-refractivity contribution < 1.29 is 5.11 Å². The van der Waals surface area contributed by atoms with Crippen molar-refractivity contribution in [3.63, 3.8) is 0 Å². The number of aromatic nitrogens is 1. The van der Waals surface area contributed by atoms with E-state index in [1.165, 1.54) is 5.56 Å². The number of nitrogens with zero attached hydrogens (tertiary/aromatic N) is 2. The van der Waals surface area contributed by atoms with Crippen molar-refractivity contribution in [2.75, 3.05) is 31.5 Å². The lowest BCUT2D eigenvalue weighted by Crippen LogP contribution is -2.47. The second kappa shape index (κ2) is 9.17. The van der Waals surface area contributed by atoms with Crippen LogP contribution in [0.2, 0.25) is 0 Å². The summed E-state index contributed by atoms with van der Waals surface area (Å²) >= 11 is 7.11. The summed E-state index contributed by atoms with van der Waals surface area (Å²) < 4.78 is 1.12. The summed E-state index contributed by atoms with van der Waals surface area (Å²) in [5, 5.41) is 20.2. The molecule has 5 nitrogen and oxygen atoms in total. The molecule has 0 radical (unpaired) electrons. The first-order chi connectivity index (χ1) is 14.1. The number of hydrogen-bond acceptors (Lipinski definition) is 5. The zero-order valence-electron chi connectivity index (χ0n) is 16.3. The van der Waals surface area contributed by atoms with Crippen molar-refractivity contribution in [1.82, 2.24) is 15.2 Å². The van der Waals surface area contributed by atoms with E-state index in [9.17, 15) is 5.11 Å². The standard InChI is InChI=1S/C22H26N4OS2/c27-22(16-17-4-2-1-3-5-17)8-12-26(13-9-22)14-11-24-21(28)25-19-6-10-23-18-7-15-29-20(18)19/h1-7,10,15,27H,8-9,11-14,16H2,(H2,23,24,25,28). The molecule has 0 unspecified atom stereocenters. The van der Waals surface area contributed by atoms with Gasteiger partial charge in [-0.25, -0.2) is 0 Å². The maximum Gasteiger partial charge on any atom is 0.170 e. The van der Waals surface area contributed by atoms with E-state index in [1.54, 1.807) is 17.5 Å². The van der Waals surface area contributed by atoms with E-state index in [4.69, 9.17) is 12.2 Å². The molecule has 4 rings (SSSR count). The maximum absolute atomic E-state index is 10.9. The molecule has 152 valence electrons. The summed E-state index contributed by atoms with van der Waals surface area (Å²) in [7, 11) is 0. The van der Waals surface area contributed by atoms with Crippen LogP contribution in [0.3, 0.4) is 0 Å². The Morgan fingerprint density at radius 3 is 2.76 bits per heavy atom. The number of nitrogens with one attached hydrogen (secondary N) is 2. The number of pyridine rings is 1. The van der Waals surface area contributed by atoms with Gasteiger partial charge >= 0.3 is 0 Å². The molecule has 0 bridgehead atoms. The molecule has 3 aromatic rings. The lowest BCUT2D eigenvalue weighted by molar-refractivity contribution is -0.0200. The molecule has 2 aromatic heterocycles. The highest BCUT2D eigenvalue weighted by Crippen LogP contribution is 2.27. The summed E-state index contributed by atoms with van der Waals surface area (Å²) in [6.07, 6.45) is 4.14. The van der Waals surface area contributed by atoms with Gasteiger partial charge in [0.05, 0.1) is 21.5 Å². The van der Waals surface area contributed by atoms with Crippen LogP contribution in [0.25, 0.3) is 10.2 Å². The van der Waals surface area contributed by atoms with Gasteiger partial charge in [-0.05, 0) is 48.1 Å². The van der Waals surface area contributed by atoms with Crippen LogP contribution in [0, 0.1) is 0 Å². The molecule has 1 saturated heterocycles. The minimum absolute atomic E-state index is 0.588. The molecule has 7 heteroatoms. The van der Waals surface area contributed by atoms with E-state index in [0.29, 0.717) is 5.11 Å². The minimum Gasteiger partial charge on any atom is -0.389 e. The average molecular weight is 427 g/mol. The van der Waals surface area contributed by atoms with E-state index in [2.05, 4.69) is 32.7 Å². The molecule has 3 N–H and O–H groups in total. The number of piperidine rings is 1. The van der Waals surface area contributed by atoms with Crippen LogP contribution in [0.4, 0.5) is 5.69 Å². The molecule has 0 spiro atoms. The Morgan fingerprint density at radius 2 is 1.97 bits per heavy atom. The van der Waals surface area contributed by atoms with Gasteiger partial charge in [-0.15, -0.1) is 11.3 Å². The number of benzene rings is 1. The fourth-order valence-electron chi connectivity index (χ4n) is 3.81. The fraction of sp³-hybridized carbons (Fsp3) is 0.364. The summed E-state index contributed by atoms with van der Waals surface area (Å²) in [6, 6.07) is 14.2. The van der Waals surface area contributed by atoms with Crippen LogP contribution in [0.1, 0.15) is 18.4 Å². The van der Waals surface area contributed by atoms with Gasteiger partial charge in [-0.1, -0.05) is 30.3 Å². The zero-order chi connectivity index (χ0) is 20.1. The van der Waals surface area contributed by atoms with E-state index >= 15 is 0 Å². The molecule has 0 atom stereocenters. The number of aliphatic hydroxyl groups is 1. The topological polar surface area (TPSA) is 60.4 Å². The van der Waals surface area contributed by atoms with Crippen LogP contribution in [-0.4, -0.2) is 51.9 Å². The third kappa shape index (κ3) is 5.30. The van der Waals surface area contributed by atoms with Gasteiger partial charge in [0.2, 0.25) is 0 Å². The molecule has 1 aliphatic heterocycles.